The van der Waals surface area contributed by atoms with Crippen molar-refractivity contribution < 1.29 is 9.59 Å². The Kier molecular flexibility index (Phi) is 7.56. The second-order valence-corrected chi connectivity index (χ2v) is 7.62. The molecule has 2 aromatic rings. The van der Waals surface area contributed by atoms with Crippen LogP contribution in [0.4, 0.5) is 5.69 Å². The van der Waals surface area contributed by atoms with E-state index in [0.29, 0.717) is 12.8 Å². The van der Waals surface area contributed by atoms with Gasteiger partial charge in [0.05, 0.1) is 5.71 Å². The Balaban J connectivity index is 1.48. The highest BCUT2D eigenvalue weighted by atomic mass is 16.2. The van der Waals surface area contributed by atoms with Crippen LogP contribution >= 0.6 is 0 Å². The average molecular weight is 392 g/mol. The van der Waals surface area contributed by atoms with Crippen molar-refractivity contribution in [3.8, 4) is 0 Å². The van der Waals surface area contributed by atoms with Crippen molar-refractivity contribution in [2.75, 3.05) is 5.32 Å². The average Bonchev–Trinajstić information content (AvgIpc) is 2.78. The fraction of sp³-hybridized carbons (Fsp3) is 0.375. The highest BCUT2D eigenvalue weighted by Crippen LogP contribution is 2.25. The third-order valence-corrected chi connectivity index (χ3v) is 5.38. The maximum Gasteiger partial charge on any atom is 0.240 e. The van der Waals surface area contributed by atoms with E-state index in [4.69, 9.17) is 0 Å². The van der Waals surface area contributed by atoms with Crippen molar-refractivity contribution in [3.63, 3.8) is 0 Å². The number of nitrogens with one attached hydrogen (secondary N) is 2. The lowest BCUT2D eigenvalue weighted by molar-refractivity contribution is -0.121. The van der Waals surface area contributed by atoms with E-state index in [-0.39, 0.29) is 17.7 Å². The van der Waals surface area contributed by atoms with E-state index < -0.39 is 0 Å². The van der Waals surface area contributed by atoms with Gasteiger partial charge in [0.2, 0.25) is 11.8 Å². The summed E-state index contributed by atoms with van der Waals surface area (Å²) >= 11 is 0. The first-order valence-corrected chi connectivity index (χ1v) is 10.4. The third-order valence-electron chi connectivity index (χ3n) is 5.38. The zero-order chi connectivity index (χ0) is 20.5. The van der Waals surface area contributed by atoms with Crippen molar-refractivity contribution in [2.45, 2.75) is 51.9 Å². The van der Waals surface area contributed by atoms with Gasteiger partial charge in [-0.1, -0.05) is 61.7 Å². The SMILES string of the molecule is CC(=NNC(=O)CCc1ccccc1)c1ccc(NC(=O)C2CCCCC2)cc1. The molecule has 0 unspecified atom stereocenters. The molecule has 2 N–H and O–H groups in total. The van der Waals surface area contributed by atoms with E-state index in [9.17, 15) is 9.59 Å². The first-order valence-electron chi connectivity index (χ1n) is 10.4. The van der Waals surface area contributed by atoms with Crippen LogP contribution in [0.25, 0.3) is 0 Å². The van der Waals surface area contributed by atoms with Gasteiger partial charge in [0.1, 0.15) is 0 Å². The van der Waals surface area contributed by atoms with E-state index in [1.807, 2.05) is 61.5 Å². The van der Waals surface area contributed by atoms with Gasteiger partial charge in [-0.05, 0) is 49.4 Å². The maximum atomic E-state index is 12.3. The molecule has 1 aliphatic rings. The van der Waals surface area contributed by atoms with Gasteiger partial charge in [0.15, 0.2) is 0 Å². The monoisotopic (exact) mass is 391 g/mol. The highest BCUT2D eigenvalue weighted by molar-refractivity contribution is 6.00. The molecular weight excluding hydrogens is 362 g/mol. The number of nitrogens with zero attached hydrogens (tertiary/aromatic N) is 1. The van der Waals surface area contributed by atoms with Crippen LogP contribution in [0.3, 0.4) is 0 Å². The largest absolute Gasteiger partial charge is 0.326 e. The quantitative estimate of drug-likeness (QED) is 0.531. The molecule has 0 radical (unpaired) electrons. The molecular formula is C24H29N3O2. The van der Waals surface area contributed by atoms with Gasteiger partial charge < -0.3 is 5.32 Å². The predicted molar refractivity (Wildman–Crippen MR) is 117 cm³/mol. The number of amides is 2. The molecule has 0 aromatic heterocycles. The van der Waals surface area contributed by atoms with Crippen LogP contribution in [0.2, 0.25) is 0 Å². The van der Waals surface area contributed by atoms with E-state index in [2.05, 4.69) is 15.8 Å². The predicted octanol–water partition coefficient (Wildman–Crippen LogP) is 4.68. The van der Waals surface area contributed by atoms with Gasteiger partial charge in [0, 0.05) is 18.0 Å². The molecule has 3 rings (SSSR count). The van der Waals surface area contributed by atoms with E-state index in [1.165, 1.54) is 6.42 Å². The molecule has 2 amide bonds. The number of hydrogen-bond acceptors (Lipinski definition) is 3. The lowest BCUT2D eigenvalue weighted by atomic mass is 9.88. The number of hydrazone groups is 1. The maximum absolute atomic E-state index is 12.3. The second kappa shape index (κ2) is 10.6. The standard InChI is InChI=1S/C24H29N3O2/c1-18(26-27-23(28)17-12-19-8-4-2-5-9-19)20-13-15-22(16-14-20)25-24(29)21-10-6-3-7-11-21/h2,4-5,8-9,13-16,21H,3,6-7,10-12,17H2,1H3,(H,25,29)(H,27,28). The third kappa shape index (κ3) is 6.56. The Hall–Kier alpha value is -2.95. The molecule has 0 saturated heterocycles. The van der Waals surface area contributed by atoms with Gasteiger partial charge in [-0.15, -0.1) is 0 Å². The minimum atomic E-state index is -0.107. The highest BCUT2D eigenvalue weighted by Gasteiger charge is 2.20. The Morgan fingerprint density at radius 2 is 1.66 bits per heavy atom. The second-order valence-electron chi connectivity index (χ2n) is 7.62. The van der Waals surface area contributed by atoms with Gasteiger partial charge in [-0.3, -0.25) is 9.59 Å². The molecule has 0 aliphatic heterocycles. The summed E-state index contributed by atoms with van der Waals surface area (Å²) in [5.74, 6) is 0.149. The van der Waals surface area contributed by atoms with E-state index in [1.54, 1.807) is 0 Å². The zero-order valence-electron chi connectivity index (χ0n) is 17.0. The molecule has 1 saturated carbocycles. The molecule has 0 bridgehead atoms. The molecule has 29 heavy (non-hydrogen) atoms. The molecule has 0 spiro atoms. The summed E-state index contributed by atoms with van der Waals surface area (Å²) in [5.41, 5.74) is 6.18. The molecule has 152 valence electrons. The summed E-state index contributed by atoms with van der Waals surface area (Å²) in [6.07, 6.45) is 6.58. The van der Waals surface area contributed by atoms with Crippen molar-refractivity contribution in [1.29, 1.82) is 0 Å². The normalized spacial score (nSPS) is 15.0. The van der Waals surface area contributed by atoms with Crippen molar-refractivity contribution in [3.05, 3.63) is 65.7 Å². The number of rotatable bonds is 7. The van der Waals surface area contributed by atoms with E-state index >= 15 is 0 Å². The molecule has 1 aliphatic carbocycles. The lowest BCUT2D eigenvalue weighted by Crippen LogP contribution is -2.24. The van der Waals surface area contributed by atoms with Crippen LogP contribution in [-0.2, 0) is 16.0 Å². The van der Waals surface area contributed by atoms with Crippen LogP contribution in [0.5, 0.6) is 0 Å². The molecule has 5 heteroatoms. The first-order chi connectivity index (χ1) is 14.1. The van der Waals surface area contributed by atoms with Crippen LogP contribution in [0.1, 0.15) is 56.6 Å². The zero-order valence-corrected chi connectivity index (χ0v) is 17.0. The van der Waals surface area contributed by atoms with Crippen molar-refractivity contribution in [2.24, 2.45) is 11.0 Å². The number of hydrogen-bond donors (Lipinski definition) is 2. The molecule has 0 atom stereocenters. The minimum Gasteiger partial charge on any atom is -0.326 e. The van der Waals surface area contributed by atoms with Crippen molar-refractivity contribution >= 4 is 23.2 Å². The van der Waals surface area contributed by atoms with Crippen LogP contribution in [0.15, 0.2) is 59.7 Å². The summed E-state index contributed by atoms with van der Waals surface area (Å²) in [6.45, 7) is 1.85. The minimum absolute atomic E-state index is 0.107. The number of carbonyl (C=O) groups is 2. The van der Waals surface area contributed by atoms with Crippen molar-refractivity contribution in [1.82, 2.24) is 5.43 Å². The summed E-state index contributed by atoms with van der Waals surface area (Å²) < 4.78 is 0. The summed E-state index contributed by atoms with van der Waals surface area (Å²) in [4.78, 5) is 24.4. The first kappa shape index (κ1) is 20.8. The van der Waals surface area contributed by atoms with Gasteiger partial charge in [-0.2, -0.15) is 5.10 Å². The topological polar surface area (TPSA) is 70.6 Å². The molecule has 2 aromatic carbocycles. The van der Waals surface area contributed by atoms with Gasteiger partial charge >= 0.3 is 0 Å². The number of carbonyl (C=O) groups excluding carboxylic acids is 2. The van der Waals surface area contributed by atoms with Gasteiger partial charge in [0.25, 0.3) is 0 Å². The summed E-state index contributed by atoms with van der Waals surface area (Å²) in [6, 6.07) is 17.5. The van der Waals surface area contributed by atoms with E-state index in [0.717, 1.165) is 48.2 Å². The summed E-state index contributed by atoms with van der Waals surface area (Å²) in [5, 5.41) is 7.21. The Morgan fingerprint density at radius 3 is 2.34 bits per heavy atom. The Bertz CT molecular complexity index is 838. The molecule has 1 fully saturated rings. The lowest BCUT2D eigenvalue weighted by Gasteiger charge is -2.20. The summed E-state index contributed by atoms with van der Waals surface area (Å²) in [7, 11) is 0. The fourth-order valence-corrected chi connectivity index (χ4v) is 3.57. The van der Waals surface area contributed by atoms with Crippen LogP contribution < -0.4 is 10.7 Å². The number of aryl methyl sites for hydroxylation is 1. The van der Waals surface area contributed by atoms with Gasteiger partial charge in [-0.25, -0.2) is 5.43 Å². The smallest absolute Gasteiger partial charge is 0.240 e. The fourth-order valence-electron chi connectivity index (χ4n) is 3.57. The molecule has 5 nitrogen and oxygen atoms in total. The Labute approximate surface area is 172 Å². The van der Waals surface area contributed by atoms with Crippen LogP contribution in [-0.4, -0.2) is 17.5 Å². The number of anilines is 1. The Morgan fingerprint density at radius 1 is 0.966 bits per heavy atom. The number of benzene rings is 2. The molecule has 0 heterocycles. The van der Waals surface area contributed by atoms with Crippen LogP contribution in [0, 0.1) is 5.92 Å².